The van der Waals surface area contributed by atoms with E-state index in [9.17, 15) is 14.7 Å². The minimum atomic E-state index is -1.24. The molecule has 1 atom stereocenters. The van der Waals surface area contributed by atoms with Crippen molar-refractivity contribution < 1.29 is 24.5 Å². The van der Waals surface area contributed by atoms with Crippen molar-refractivity contribution in [3.8, 4) is 5.75 Å². The van der Waals surface area contributed by atoms with E-state index in [4.69, 9.17) is 9.84 Å². The molecule has 0 aromatic heterocycles. The van der Waals surface area contributed by atoms with Crippen molar-refractivity contribution in [2.75, 3.05) is 18.5 Å². The smallest absolute Gasteiger partial charge is 0.339 e. The standard InChI is InChI=1S/C13H15NO5/c15-11-9(13(17)18)4-1-5-10(11)14-12(16)8-3-2-6-19-7-8/h1,4-5,8,15H,2-3,6-7H2,(H,14,16)(H,17,18). The molecule has 102 valence electrons. The van der Waals surface area contributed by atoms with Crippen LogP contribution in [0.15, 0.2) is 18.2 Å². The molecule has 19 heavy (non-hydrogen) atoms. The molecule has 0 aliphatic carbocycles. The van der Waals surface area contributed by atoms with Crippen molar-refractivity contribution in [3.05, 3.63) is 23.8 Å². The number of amides is 1. The highest BCUT2D eigenvalue weighted by molar-refractivity contribution is 5.98. The fraction of sp³-hybridized carbons (Fsp3) is 0.385. The SMILES string of the molecule is O=C(O)c1cccc(NC(=O)C2CCCOC2)c1O. The van der Waals surface area contributed by atoms with Gasteiger partial charge in [-0.05, 0) is 25.0 Å². The monoisotopic (exact) mass is 265 g/mol. The van der Waals surface area contributed by atoms with E-state index < -0.39 is 11.7 Å². The predicted octanol–water partition coefficient (Wildman–Crippen LogP) is 1.46. The Morgan fingerprint density at radius 1 is 1.37 bits per heavy atom. The number of carbonyl (C=O) groups is 2. The lowest BCUT2D eigenvalue weighted by atomic mass is 10.0. The first kappa shape index (κ1) is 13.4. The van der Waals surface area contributed by atoms with Crippen LogP contribution in [-0.4, -0.2) is 35.3 Å². The highest BCUT2D eigenvalue weighted by Gasteiger charge is 2.23. The minimum absolute atomic E-state index is 0.107. The maximum Gasteiger partial charge on any atom is 0.339 e. The third-order valence-corrected chi connectivity index (χ3v) is 3.06. The summed E-state index contributed by atoms with van der Waals surface area (Å²) in [4.78, 5) is 22.8. The molecule has 0 saturated carbocycles. The zero-order valence-corrected chi connectivity index (χ0v) is 10.3. The normalized spacial score (nSPS) is 18.8. The number of rotatable bonds is 3. The zero-order chi connectivity index (χ0) is 13.8. The highest BCUT2D eigenvalue weighted by atomic mass is 16.5. The van der Waals surface area contributed by atoms with E-state index >= 15 is 0 Å². The van der Waals surface area contributed by atoms with Crippen molar-refractivity contribution in [3.63, 3.8) is 0 Å². The van der Waals surface area contributed by atoms with Gasteiger partial charge in [-0.1, -0.05) is 6.07 Å². The van der Waals surface area contributed by atoms with Gasteiger partial charge in [-0.3, -0.25) is 4.79 Å². The molecule has 1 fully saturated rings. The maximum absolute atomic E-state index is 12.0. The van der Waals surface area contributed by atoms with E-state index in [-0.39, 0.29) is 23.1 Å². The molecule has 1 amide bonds. The molecule has 1 saturated heterocycles. The molecule has 3 N–H and O–H groups in total. The van der Waals surface area contributed by atoms with Crippen LogP contribution in [0.5, 0.6) is 5.75 Å². The summed E-state index contributed by atoms with van der Waals surface area (Å²) in [5, 5.41) is 21.2. The van der Waals surface area contributed by atoms with Crippen molar-refractivity contribution in [1.29, 1.82) is 0 Å². The number of phenols is 1. The second-order valence-corrected chi connectivity index (χ2v) is 4.41. The van der Waals surface area contributed by atoms with Crippen LogP contribution in [0.25, 0.3) is 0 Å². The molecule has 6 heteroatoms. The number of hydrogen-bond acceptors (Lipinski definition) is 4. The van der Waals surface area contributed by atoms with Gasteiger partial charge in [0.1, 0.15) is 5.56 Å². The first-order chi connectivity index (χ1) is 9.09. The van der Waals surface area contributed by atoms with Gasteiger partial charge in [-0.15, -0.1) is 0 Å². The molecule has 1 aromatic rings. The number of benzene rings is 1. The Bertz CT molecular complexity index is 494. The number of hydrogen-bond donors (Lipinski definition) is 3. The summed E-state index contributed by atoms with van der Waals surface area (Å²) in [6.07, 6.45) is 1.55. The molecule has 0 spiro atoms. The number of carboxylic acid groups (broad SMARTS) is 1. The van der Waals surface area contributed by atoms with Crippen LogP contribution in [0.3, 0.4) is 0 Å². The number of carboxylic acids is 1. The molecule has 0 radical (unpaired) electrons. The van der Waals surface area contributed by atoms with Crippen molar-refractivity contribution in [2.24, 2.45) is 5.92 Å². The van der Waals surface area contributed by atoms with Crippen LogP contribution in [0.4, 0.5) is 5.69 Å². The Hall–Kier alpha value is -2.08. The van der Waals surface area contributed by atoms with Crippen molar-refractivity contribution in [2.45, 2.75) is 12.8 Å². The van der Waals surface area contributed by atoms with Crippen LogP contribution in [-0.2, 0) is 9.53 Å². The van der Waals surface area contributed by atoms with E-state index in [1.807, 2.05) is 0 Å². The predicted molar refractivity (Wildman–Crippen MR) is 67.2 cm³/mol. The lowest BCUT2D eigenvalue weighted by Gasteiger charge is -2.21. The number of aromatic carboxylic acids is 1. The minimum Gasteiger partial charge on any atom is -0.505 e. The fourth-order valence-electron chi connectivity index (χ4n) is 2.00. The lowest BCUT2D eigenvalue weighted by molar-refractivity contribution is -0.123. The molecule has 1 aliphatic rings. The van der Waals surface area contributed by atoms with Crippen LogP contribution in [0, 0.1) is 5.92 Å². The number of carbonyl (C=O) groups excluding carboxylic acids is 1. The largest absolute Gasteiger partial charge is 0.505 e. The first-order valence-corrected chi connectivity index (χ1v) is 6.03. The van der Waals surface area contributed by atoms with Gasteiger partial charge < -0.3 is 20.3 Å². The summed E-state index contributed by atoms with van der Waals surface area (Å²) in [5.74, 6) is -2.20. The maximum atomic E-state index is 12.0. The summed E-state index contributed by atoms with van der Waals surface area (Å²) < 4.78 is 5.22. The Kier molecular flexibility index (Phi) is 4.01. The van der Waals surface area contributed by atoms with Gasteiger partial charge in [-0.2, -0.15) is 0 Å². The Balaban J connectivity index is 2.12. The molecule has 1 aromatic carbocycles. The van der Waals surface area contributed by atoms with E-state index in [0.717, 1.165) is 12.8 Å². The fourth-order valence-corrected chi connectivity index (χ4v) is 2.00. The highest BCUT2D eigenvalue weighted by Crippen LogP contribution is 2.28. The van der Waals surface area contributed by atoms with Gasteiger partial charge in [0.05, 0.1) is 18.2 Å². The number of ether oxygens (including phenoxy) is 1. The van der Waals surface area contributed by atoms with Crippen LogP contribution < -0.4 is 5.32 Å². The Labute approximate surface area is 110 Å². The van der Waals surface area contributed by atoms with Gasteiger partial charge in [0, 0.05) is 6.61 Å². The molecule has 1 aliphatic heterocycles. The number of anilines is 1. The van der Waals surface area contributed by atoms with E-state index in [1.165, 1.54) is 18.2 Å². The summed E-state index contributed by atoms with van der Waals surface area (Å²) >= 11 is 0. The van der Waals surface area contributed by atoms with Crippen LogP contribution in [0.1, 0.15) is 23.2 Å². The third kappa shape index (κ3) is 3.03. The molecule has 6 nitrogen and oxygen atoms in total. The quantitative estimate of drug-likeness (QED) is 0.719. The summed E-state index contributed by atoms with van der Waals surface area (Å²) in [7, 11) is 0. The summed E-state index contributed by atoms with van der Waals surface area (Å²) in [6.45, 7) is 1.01. The van der Waals surface area contributed by atoms with Crippen LogP contribution in [0.2, 0.25) is 0 Å². The Morgan fingerprint density at radius 2 is 2.16 bits per heavy atom. The van der Waals surface area contributed by atoms with Gasteiger partial charge in [-0.25, -0.2) is 4.79 Å². The zero-order valence-electron chi connectivity index (χ0n) is 10.3. The van der Waals surface area contributed by atoms with Gasteiger partial charge in [0.25, 0.3) is 0 Å². The first-order valence-electron chi connectivity index (χ1n) is 6.03. The second-order valence-electron chi connectivity index (χ2n) is 4.41. The lowest BCUT2D eigenvalue weighted by Crippen LogP contribution is -2.30. The van der Waals surface area contributed by atoms with E-state index in [0.29, 0.717) is 13.2 Å². The second kappa shape index (κ2) is 5.71. The Morgan fingerprint density at radius 3 is 2.79 bits per heavy atom. The van der Waals surface area contributed by atoms with Crippen molar-refractivity contribution in [1.82, 2.24) is 0 Å². The van der Waals surface area contributed by atoms with E-state index in [1.54, 1.807) is 0 Å². The molecule has 0 bridgehead atoms. The third-order valence-electron chi connectivity index (χ3n) is 3.06. The molecule has 1 unspecified atom stereocenters. The summed E-state index contributed by atoms with van der Waals surface area (Å²) in [5.41, 5.74) is -0.131. The summed E-state index contributed by atoms with van der Waals surface area (Å²) in [6, 6.07) is 4.20. The van der Waals surface area contributed by atoms with Gasteiger partial charge in [0.15, 0.2) is 5.75 Å². The van der Waals surface area contributed by atoms with E-state index in [2.05, 4.69) is 5.32 Å². The van der Waals surface area contributed by atoms with Gasteiger partial charge in [0.2, 0.25) is 5.91 Å². The number of nitrogens with one attached hydrogen (secondary N) is 1. The van der Waals surface area contributed by atoms with Gasteiger partial charge >= 0.3 is 5.97 Å². The molecular formula is C13H15NO5. The molecular weight excluding hydrogens is 250 g/mol. The average molecular weight is 265 g/mol. The number of para-hydroxylation sites is 1. The molecule has 1 heterocycles. The van der Waals surface area contributed by atoms with Crippen molar-refractivity contribution >= 4 is 17.6 Å². The average Bonchev–Trinajstić information content (AvgIpc) is 2.41. The number of aromatic hydroxyl groups is 1. The molecule has 2 rings (SSSR count). The topological polar surface area (TPSA) is 95.9 Å². The van der Waals surface area contributed by atoms with Crippen LogP contribution >= 0.6 is 0 Å².